The van der Waals surface area contributed by atoms with Crippen LogP contribution in [0.4, 0.5) is 4.39 Å². The topological polar surface area (TPSA) is 54.4 Å². The van der Waals surface area contributed by atoms with Gasteiger partial charge in [0.05, 0.1) is 11.3 Å². The minimum Gasteiger partial charge on any atom is -0.364 e. The second-order valence-electron chi connectivity index (χ2n) is 6.33. The summed E-state index contributed by atoms with van der Waals surface area (Å²) in [6.07, 6.45) is 0.561. The van der Waals surface area contributed by atoms with Crippen molar-refractivity contribution in [2.24, 2.45) is 0 Å². The highest BCUT2D eigenvalue weighted by molar-refractivity contribution is 6.29. The number of piperidine rings is 1. The number of nitrogens with one attached hydrogen (secondary N) is 1. The van der Waals surface area contributed by atoms with Crippen LogP contribution >= 0.6 is 11.6 Å². The van der Waals surface area contributed by atoms with Crippen LogP contribution in [0.25, 0.3) is 0 Å². The molecule has 0 aliphatic carbocycles. The number of nitrogens with zero attached hydrogens (tertiary/aromatic N) is 1. The highest BCUT2D eigenvalue weighted by Gasteiger charge is 2.49. The summed E-state index contributed by atoms with van der Waals surface area (Å²) in [5.74, 6) is -0.675. The Morgan fingerprint density at radius 3 is 2.71 bits per heavy atom. The molecule has 1 unspecified atom stereocenters. The number of aliphatic hydroxyl groups excluding tert-OH is 1. The molecule has 0 bridgehead atoms. The maximum Gasteiger partial charge on any atom is 0.185 e. The first-order chi connectivity index (χ1) is 11.6. The number of rotatable bonds is 2. The summed E-state index contributed by atoms with van der Waals surface area (Å²) < 4.78 is 20.4. The first-order valence-electron chi connectivity index (χ1n) is 8.09. The lowest BCUT2D eigenvalue weighted by molar-refractivity contribution is -0.182. The molecule has 0 amide bonds. The van der Waals surface area contributed by atoms with E-state index in [1.807, 2.05) is 30.3 Å². The molecule has 0 saturated carbocycles. The number of ether oxygens (including phenoxy) is 1. The standard InChI is InChI=1S/C18H18ClFN2O2/c19-16-15(20)13-14(12(22-16)10-11-4-2-1-3-5-11)18(24-17(13)23)6-8-21-9-7-18/h1-5,17,21,23H,6-10H2. The van der Waals surface area contributed by atoms with Crippen molar-refractivity contribution < 1.29 is 14.2 Å². The molecule has 1 fully saturated rings. The molecular weight excluding hydrogens is 331 g/mol. The molecule has 2 aliphatic rings. The Labute approximate surface area is 144 Å². The van der Waals surface area contributed by atoms with E-state index < -0.39 is 17.7 Å². The third-order valence-electron chi connectivity index (χ3n) is 4.87. The normalized spacial score (nSPS) is 21.9. The molecule has 1 atom stereocenters. The molecule has 4 rings (SSSR count). The van der Waals surface area contributed by atoms with Gasteiger partial charge >= 0.3 is 0 Å². The number of benzene rings is 1. The van der Waals surface area contributed by atoms with E-state index in [1.165, 1.54) is 0 Å². The smallest absolute Gasteiger partial charge is 0.185 e. The molecule has 1 aromatic heterocycles. The van der Waals surface area contributed by atoms with E-state index in [0.717, 1.165) is 18.7 Å². The molecule has 24 heavy (non-hydrogen) atoms. The van der Waals surface area contributed by atoms with E-state index >= 15 is 0 Å². The van der Waals surface area contributed by atoms with Crippen molar-refractivity contribution in [2.75, 3.05) is 13.1 Å². The number of pyridine rings is 1. The largest absolute Gasteiger partial charge is 0.364 e. The van der Waals surface area contributed by atoms with Gasteiger partial charge < -0.3 is 15.2 Å². The van der Waals surface area contributed by atoms with Gasteiger partial charge in [-0.15, -0.1) is 0 Å². The van der Waals surface area contributed by atoms with Crippen molar-refractivity contribution in [3.63, 3.8) is 0 Å². The van der Waals surface area contributed by atoms with Crippen LogP contribution in [0.1, 0.15) is 41.5 Å². The van der Waals surface area contributed by atoms with Gasteiger partial charge in [-0.25, -0.2) is 9.37 Å². The summed E-state index contributed by atoms with van der Waals surface area (Å²) >= 11 is 5.99. The highest BCUT2D eigenvalue weighted by Crippen LogP contribution is 2.50. The fourth-order valence-corrected chi connectivity index (χ4v) is 3.99. The van der Waals surface area contributed by atoms with Crippen LogP contribution in [-0.2, 0) is 16.8 Å². The average molecular weight is 349 g/mol. The monoisotopic (exact) mass is 348 g/mol. The van der Waals surface area contributed by atoms with E-state index in [2.05, 4.69) is 10.3 Å². The lowest BCUT2D eigenvalue weighted by atomic mass is 9.82. The van der Waals surface area contributed by atoms with Gasteiger partial charge in [-0.2, -0.15) is 0 Å². The summed E-state index contributed by atoms with van der Waals surface area (Å²) in [6.45, 7) is 1.50. The third-order valence-corrected chi connectivity index (χ3v) is 5.12. The van der Waals surface area contributed by atoms with Gasteiger partial charge in [-0.3, -0.25) is 0 Å². The third kappa shape index (κ3) is 2.52. The molecule has 2 aromatic rings. The van der Waals surface area contributed by atoms with Crippen molar-refractivity contribution in [2.45, 2.75) is 31.2 Å². The highest BCUT2D eigenvalue weighted by atomic mass is 35.5. The quantitative estimate of drug-likeness (QED) is 0.819. The van der Waals surface area contributed by atoms with Gasteiger partial charge in [0.25, 0.3) is 0 Å². The van der Waals surface area contributed by atoms with Crippen LogP contribution in [0.2, 0.25) is 5.15 Å². The van der Waals surface area contributed by atoms with Gasteiger partial charge in [-0.1, -0.05) is 41.9 Å². The Hall–Kier alpha value is -1.53. The number of fused-ring (bicyclic) bond motifs is 2. The molecule has 1 aromatic carbocycles. The van der Waals surface area contributed by atoms with Gasteiger partial charge in [-0.05, 0) is 31.5 Å². The minimum absolute atomic E-state index is 0.155. The lowest BCUT2D eigenvalue weighted by Crippen LogP contribution is -2.40. The molecule has 0 radical (unpaired) electrons. The summed E-state index contributed by atoms with van der Waals surface area (Å²) in [5, 5.41) is 13.4. The summed E-state index contributed by atoms with van der Waals surface area (Å²) in [7, 11) is 0. The van der Waals surface area contributed by atoms with Gasteiger partial charge in [0.2, 0.25) is 0 Å². The molecular formula is C18H18ClFN2O2. The van der Waals surface area contributed by atoms with Crippen LogP contribution in [-0.4, -0.2) is 23.2 Å². The predicted octanol–water partition coefficient (Wildman–Crippen LogP) is 3.06. The molecule has 126 valence electrons. The first-order valence-corrected chi connectivity index (χ1v) is 8.47. The molecule has 1 spiro atoms. The van der Waals surface area contributed by atoms with Crippen molar-refractivity contribution in [1.29, 1.82) is 0 Å². The van der Waals surface area contributed by atoms with Crippen molar-refractivity contribution in [3.8, 4) is 0 Å². The summed E-state index contributed by atoms with van der Waals surface area (Å²) in [4.78, 5) is 4.30. The fraction of sp³-hybridized carbons (Fsp3) is 0.389. The number of aromatic nitrogens is 1. The van der Waals surface area contributed by atoms with Crippen molar-refractivity contribution in [3.05, 3.63) is 63.7 Å². The van der Waals surface area contributed by atoms with Crippen LogP contribution in [0, 0.1) is 5.82 Å². The fourth-order valence-electron chi connectivity index (χ4n) is 3.79. The summed E-state index contributed by atoms with van der Waals surface area (Å²) in [5.41, 5.74) is 1.88. The van der Waals surface area contributed by atoms with Gasteiger partial charge in [0, 0.05) is 12.0 Å². The zero-order valence-electron chi connectivity index (χ0n) is 13.1. The number of aliphatic hydroxyl groups is 1. The Balaban J connectivity index is 1.87. The maximum atomic E-state index is 14.6. The number of hydrogen-bond acceptors (Lipinski definition) is 4. The van der Waals surface area contributed by atoms with E-state index in [0.29, 0.717) is 30.5 Å². The second-order valence-corrected chi connectivity index (χ2v) is 6.69. The molecule has 2 N–H and O–H groups in total. The molecule has 6 heteroatoms. The zero-order chi connectivity index (χ0) is 16.7. The van der Waals surface area contributed by atoms with Crippen LogP contribution < -0.4 is 5.32 Å². The van der Waals surface area contributed by atoms with Gasteiger partial charge in [0.15, 0.2) is 17.3 Å². The van der Waals surface area contributed by atoms with Crippen LogP contribution in [0.3, 0.4) is 0 Å². The number of halogens is 2. The Morgan fingerprint density at radius 2 is 2.00 bits per heavy atom. The van der Waals surface area contributed by atoms with E-state index in [1.54, 1.807) is 0 Å². The Morgan fingerprint density at radius 1 is 1.29 bits per heavy atom. The molecule has 2 aliphatic heterocycles. The maximum absolute atomic E-state index is 14.6. The molecule has 4 nitrogen and oxygen atoms in total. The number of hydrogen-bond donors (Lipinski definition) is 2. The Kier molecular flexibility index (Phi) is 4.04. The first kappa shape index (κ1) is 16.0. The SMILES string of the molecule is OC1OC2(CCNCC2)c2c(Cc3ccccc3)nc(Cl)c(F)c21. The van der Waals surface area contributed by atoms with Crippen LogP contribution in [0.15, 0.2) is 30.3 Å². The molecule has 1 saturated heterocycles. The zero-order valence-corrected chi connectivity index (χ0v) is 13.8. The van der Waals surface area contributed by atoms with E-state index in [9.17, 15) is 9.50 Å². The minimum atomic E-state index is -1.30. The van der Waals surface area contributed by atoms with Crippen molar-refractivity contribution >= 4 is 11.6 Å². The predicted molar refractivity (Wildman–Crippen MR) is 88.3 cm³/mol. The Bertz CT molecular complexity index is 763. The van der Waals surface area contributed by atoms with E-state index in [-0.39, 0.29) is 10.7 Å². The lowest BCUT2D eigenvalue weighted by Gasteiger charge is -2.35. The van der Waals surface area contributed by atoms with Gasteiger partial charge in [0.1, 0.15) is 5.60 Å². The molecule has 3 heterocycles. The van der Waals surface area contributed by atoms with Crippen molar-refractivity contribution in [1.82, 2.24) is 10.3 Å². The second kappa shape index (κ2) is 6.08. The van der Waals surface area contributed by atoms with E-state index in [4.69, 9.17) is 16.3 Å². The van der Waals surface area contributed by atoms with Crippen LogP contribution in [0.5, 0.6) is 0 Å². The average Bonchev–Trinajstić information content (AvgIpc) is 2.86. The summed E-state index contributed by atoms with van der Waals surface area (Å²) in [6, 6.07) is 9.83.